The number of halogens is 3. The third-order valence-corrected chi connectivity index (χ3v) is 4.41. The second-order valence-electron chi connectivity index (χ2n) is 6.28. The van der Waals surface area contributed by atoms with Crippen molar-refractivity contribution in [2.24, 2.45) is 4.99 Å². The molecule has 0 saturated carbocycles. The topological polar surface area (TPSA) is 54.2 Å². The second-order valence-corrected chi connectivity index (χ2v) is 6.28. The highest BCUT2D eigenvalue weighted by molar-refractivity contribution is 14.0. The maximum atomic E-state index is 13.7. The molecular formula is C21H24F2IN5. The third-order valence-electron chi connectivity index (χ3n) is 4.41. The van der Waals surface area contributed by atoms with Crippen LogP contribution in [0.1, 0.15) is 16.7 Å². The molecule has 8 heteroatoms. The number of hydrogen-bond donors (Lipinski definition) is 2. The molecule has 3 aromatic rings. The van der Waals surface area contributed by atoms with Crippen LogP contribution in [0.15, 0.2) is 65.9 Å². The summed E-state index contributed by atoms with van der Waals surface area (Å²) >= 11 is 0. The predicted octanol–water partition coefficient (Wildman–Crippen LogP) is 3.74. The summed E-state index contributed by atoms with van der Waals surface area (Å²) in [6.45, 7) is 1.63. The monoisotopic (exact) mass is 511 g/mol. The SMILES string of the molecule is CN=C(NCCc1c(F)cccc1F)NCc1ccccc1Cn1cccn1.I. The van der Waals surface area contributed by atoms with Crippen molar-refractivity contribution in [2.45, 2.75) is 19.5 Å². The Morgan fingerprint density at radius 2 is 1.72 bits per heavy atom. The molecule has 0 unspecified atom stereocenters. The molecule has 1 aromatic heterocycles. The lowest BCUT2D eigenvalue weighted by Gasteiger charge is -2.14. The molecule has 0 atom stereocenters. The fourth-order valence-electron chi connectivity index (χ4n) is 2.93. The minimum atomic E-state index is -0.530. The molecule has 29 heavy (non-hydrogen) atoms. The van der Waals surface area contributed by atoms with Crippen molar-refractivity contribution in [1.29, 1.82) is 0 Å². The van der Waals surface area contributed by atoms with Crippen molar-refractivity contribution in [3.05, 3.63) is 89.2 Å². The maximum absolute atomic E-state index is 13.7. The molecule has 0 spiro atoms. The summed E-state index contributed by atoms with van der Waals surface area (Å²) in [6.07, 6.45) is 3.91. The molecule has 0 aliphatic heterocycles. The van der Waals surface area contributed by atoms with E-state index >= 15 is 0 Å². The summed E-state index contributed by atoms with van der Waals surface area (Å²) in [5.41, 5.74) is 2.36. The Bertz CT molecular complexity index is 908. The van der Waals surface area contributed by atoms with Crippen molar-refractivity contribution in [1.82, 2.24) is 20.4 Å². The number of aromatic nitrogens is 2. The summed E-state index contributed by atoms with van der Waals surface area (Å²) in [6, 6.07) is 13.9. The van der Waals surface area contributed by atoms with Crippen LogP contribution in [-0.4, -0.2) is 29.3 Å². The van der Waals surface area contributed by atoms with Gasteiger partial charge in [-0.1, -0.05) is 30.3 Å². The van der Waals surface area contributed by atoms with Gasteiger partial charge in [-0.25, -0.2) is 8.78 Å². The van der Waals surface area contributed by atoms with E-state index in [2.05, 4.69) is 26.8 Å². The first-order valence-corrected chi connectivity index (χ1v) is 9.09. The van der Waals surface area contributed by atoms with E-state index in [1.807, 2.05) is 35.1 Å². The van der Waals surface area contributed by atoms with E-state index in [1.54, 1.807) is 13.2 Å². The van der Waals surface area contributed by atoms with Crippen molar-refractivity contribution < 1.29 is 8.78 Å². The Kier molecular flexibility index (Phi) is 9.04. The smallest absolute Gasteiger partial charge is 0.191 e. The molecular weight excluding hydrogens is 487 g/mol. The average molecular weight is 511 g/mol. The number of guanidine groups is 1. The molecule has 0 radical (unpaired) electrons. The predicted molar refractivity (Wildman–Crippen MR) is 121 cm³/mol. The van der Waals surface area contributed by atoms with Crippen LogP contribution in [0.2, 0.25) is 0 Å². The minimum Gasteiger partial charge on any atom is -0.356 e. The molecule has 1 heterocycles. The van der Waals surface area contributed by atoms with E-state index in [4.69, 9.17) is 0 Å². The largest absolute Gasteiger partial charge is 0.356 e. The normalized spacial score (nSPS) is 11.1. The Balaban J connectivity index is 0.00000300. The van der Waals surface area contributed by atoms with Crippen LogP contribution < -0.4 is 10.6 Å². The summed E-state index contributed by atoms with van der Waals surface area (Å²) in [4.78, 5) is 4.17. The zero-order chi connectivity index (χ0) is 19.8. The average Bonchev–Trinajstić information content (AvgIpc) is 3.21. The van der Waals surface area contributed by atoms with Crippen LogP contribution in [0, 0.1) is 11.6 Å². The molecule has 154 valence electrons. The molecule has 0 aliphatic rings. The molecule has 3 rings (SSSR count). The summed E-state index contributed by atoms with van der Waals surface area (Å²) in [7, 11) is 1.66. The summed E-state index contributed by atoms with van der Waals surface area (Å²) in [5, 5.41) is 10.6. The van der Waals surface area contributed by atoms with Crippen LogP contribution >= 0.6 is 24.0 Å². The van der Waals surface area contributed by atoms with Gasteiger partial charge in [0.25, 0.3) is 0 Å². The highest BCUT2D eigenvalue weighted by Gasteiger charge is 2.09. The molecule has 0 saturated heterocycles. The van der Waals surface area contributed by atoms with Gasteiger partial charge < -0.3 is 10.6 Å². The first-order chi connectivity index (χ1) is 13.7. The van der Waals surface area contributed by atoms with E-state index < -0.39 is 11.6 Å². The number of aliphatic imine (C=N–C) groups is 1. The number of benzene rings is 2. The van der Waals surface area contributed by atoms with Gasteiger partial charge in [-0.15, -0.1) is 24.0 Å². The van der Waals surface area contributed by atoms with Gasteiger partial charge in [0.2, 0.25) is 0 Å². The minimum absolute atomic E-state index is 0. The zero-order valence-electron chi connectivity index (χ0n) is 16.1. The van der Waals surface area contributed by atoms with Gasteiger partial charge in [0.05, 0.1) is 6.54 Å². The number of hydrogen-bond acceptors (Lipinski definition) is 2. The van der Waals surface area contributed by atoms with Gasteiger partial charge in [0.15, 0.2) is 5.96 Å². The fourth-order valence-corrected chi connectivity index (χ4v) is 2.93. The lowest BCUT2D eigenvalue weighted by atomic mass is 10.1. The lowest BCUT2D eigenvalue weighted by Crippen LogP contribution is -2.38. The Morgan fingerprint density at radius 3 is 2.38 bits per heavy atom. The van der Waals surface area contributed by atoms with Gasteiger partial charge in [0.1, 0.15) is 11.6 Å². The van der Waals surface area contributed by atoms with Crippen molar-refractivity contribution in [3.8, 4) is 0 Å². The fraction of sp³-hybridized carbons (Fsp3) is 0.238. The van der Waals surface area contributed by atoms with Crippen LogP contribution in [0.25, 0.3) is 0 Å². The first kappa shape index (κ1) is 22.8. The highest BCUT2D eigenvalue weighted by Crippen LogP contribution is 2.12. The Hall–Kier alpha value is -2.49. The molecule has 0 amide bonds. The molecule has 5 nitrogen and oxygen atoms in total. The standard InChI is InChI=1S/C21H23F2N5.HI/c1-24-21(25-12-10-18-19(22)8-4-9-20(18)23)26-14-16-6-2-3-7-17(16)15-28-13-5-11-27-28;/h2-9,11,13H,10,12,14-15H2,1H3,(H2,24,25,26);1H. The number of nitrogens with zero attached hydrogens (tertiary/aromatic N) is 3. The van der Waals surface area contributed by atoms with Crippen LogP contribution in [0.5, 0.6) is 0 Å². The molecule has 0 fully saturated rings. The van der Waals surface area contributed by atoms with Gasteiger partial charge in [0, 0.05) is 38.1 Å². The summed E-state index contributed by atoms with van der Waals surface area (Å²) in [5.74, 6) is -0.486. The van der Waals surface area contributed by atoms with E-state index in [0.29, 0.717) is 25.6 Å². The van der Waals surface area contributed by atoms with Crippen LogP contribution in [0.4, 0.5) is 8.78 Å². The van der Waals surface area contributed by atoms with E-state index in [0.717, 1.165) is 11.1 Å². The zero-order valence-corrected chi connectivity index (χ0v) is 18.4. The van der Waals surface area contributed by atoms with Crippen LogP contribution in [0.3, 0.4) is 0 Å². The number of nitrogens with one attached hydrogen (secondary N) is 2. The van der Waals surface area contributed by atoms with Gasteiger partial charge in [-0.3, -0.25) is 9.67 Å². The molecule has 2 aromatic carbocycles. The van der Waals surface area contributed by atoms with E-state index in [-0.39, 0.29) is 36.0 Å². The quantitative estimate of drug-likeness (QED) is 0.289. The number of rotatable bonds is 7. The lowest BCUT2D eigenvalue weighted by molar-refractivity contribution is 0.553. The molecule has 0 bridgehead atoms. The van der Waals surface area contributed by atoms with Crippen LogP contribution in [-0.2, 0) is 19.5 Å². The third kappa shape index (κ3) is 6.52. The molecule has 2 N–H and O–H groups in total. The second kappa shape index (κ2) is 11.5. The van der Waals surface area contributed by atoms with Gasteiger partial charge in [-0.2, -0.15) is 5.10 Å². The van der Waals surface area contributed by atoms with Crippen molar-refractivity contribution >= 4 is 29.9 Å². The molecule has 0 aliphatic carbocycles. The summed E-state index contributed by atoms with van der Waals surface area (Å²) < 4.78 is 29.3. The van der Waals surface area contributed by atoms with Gasteiger partial charge in [-0.05, 0) is 35.7 Å². The first-order valence-electron chi connectivity index (χ1n) is 9.09. The van der Waals surface area contributed by atoms with Crippen molar-refractivity contribution in [2.75, 3.05) is 13.6 Å². The van der Waals surface area contributed by atoms with E-state index in [1.165, 1.54) is 18.2 Å². The van der Waals surface area contributed by atoms with Crippen molar-refractivity contribution in [3.63, 3.8) is 0 Å². The van der Waals surface area contributed by atoms with E-state index in [9.17, 15) is 8.78 Å². The Morgan fingerprint density at radius 1 is 1.00 bits per heavy atom. The highest BCUT2D eigenvalue weighted by atomic mass is 127. The van der Waals surface area contributed by atoms with Gasteiger partial charge >= 0.3 is 0 Å². The Labute approximate surface area is 186 Å². The maximum Gasteiger partial charge on any atom is 0.191 e.